The highest BCUT2D eigenvalue weighted by Crippen LogP contribution is 2.31. The average Bonchev–Trinajstić information content (AvgIpc) is 3.51. The van der Waals surface area contributed by atoms with Gasteiger partial charge in [-0.05, 0) is 42.5 Å². The van der Waals surface area contributed by atoms with E-state index in [9.17, 15) is 27.9 Å². The molecule has 0 bridgehead atoms. The Morgan fingerprint density at radius 3 is 2.73 bits per heavy atom. The van der Waals surface area contributed by atoms with Gasteiger partial charge in [-0.25, -0.2) is 14.8 Å². The van der Waals surface area contributed by atoms with E-state index < -0.39 is 35.9 Å². The number of hydrogen-bond acceptors (Lipinski definition) is 8. The van der Waals surface area contributed by atoms with Gasteiger partial charge in [0.25, 0.3) is 0 Å². The molecule has 40 heavy (non-hydrogen) atoms. The van der Waals surface area contributed by atoms with Gasteiger partial charge in [-0.3, -0.25) is 14.3 Å². The van der Waals surface area contributed by atoms with Crippen molar-refractivity contribution in [1.29, 1.82) is 0 Å². The maximum Gasteiger partial charge on any atom is 0.416 e. The molecule has 1 saturated heterocycles. The van der Waals surface area contributed by atoms with Crippen molar-refractivity contribution >= 4 is 28.6 Å². The molecule has 2 aromatic carbocycles. The van der Waals surface area contributed by atoms with Crippen LogP contribution in [0.1, 0.15) is 17.7 Å². The van der Waals surface area contributed by atoms with Crippen LogP contribution in [-0.4, -0.2) is 62.3 Å². The molecule has 0 saturated carbocycles. The molecule has 4 aromatic rings. The van der Waals surface area contributed by atoms with Gasteiger partial charge in [-0.1, -0.05) is 6.07 Å². The number of β-amino-alcohol motifs (C(OH)–C–C–N with tert-alkyl or cyclic N) is 1. The third-order valence-electron chi connectivity index (χ3n) is 6.46. The first-order chi connectivity index (χ1) is 19.1. The highest BCUT2D eigenvalue weighted by molar-refractivity contribution is 5.98. The number of aliphatic hydroxyl groups excluding tert-OH is 1. The molecule has 10 nitrogen and oxygen atoms in total. The number of likely N-dealkylation sites (tertiary alicyclic amines) is 1. The first-order valence-corrected chi connectivity index (χ1v) is 12.2. The van der Waals surface area contributed by atoms with Crippen molar-refractivity contribution in [2.24, 2.45) is 0 Å². The van der Waals surface area contributed by atoms with Crippen molar-refractivity contribution in [3.8, 4) is 11.6 Å². The fourth-order valence-electron chi connectivity index (χ4n) is 4.60. The molecule has 5 rings (SSSR count). The molecule has 1 aliphatic heterocycles. The van der Waals surface area contributed by atoms with Gasteiger partial charge < -0.3 is 19.9 Å². The summed E-state index contributed by atoms with van der Waals surface area (Å²) in [6.45, 7) is 0.577. The summed E-state index contributed by atoms with van der Waals surface area (Å²) in [5.41, 5.74) is 0.245. The van der Waals surface area contributed by atoms with Gasteiger partial charge in [0.2, 0.25) is 5.88 Å². The van der Waals surface area contributed by atoms with Crippen LogP contribution in [0.4, 0.5) is 23.7 Å². The second kappa shape index (κ2) is 10.9. The minimum atomic E-state index is -4.52. The molecular weight excluding hydrogens is 531 g/mol. The van der Waals surface area contributed by atoms with Crippen LogP contribution in [-0.2, 0) is 22.3 Å². The Morgan fingerprint density at radius 1 is 1.12 bits per heavy atom. The number of carbonyl (C=O) groups excluding carboxylic acids is 2. The zero-order chi connectivity index (χ0) is 28.4. The number of esters is 1. The molecule has 2 aromatic heterocycles. The van der Waals surface area contributed by atoms with E-state index in [4.69, 9.17) is 9.47 Å². The second-order valence-corrected chi connectivity index (χ2v) is 9.22. The van der Waals surface area contributed by atoms with Crippen molar-refractivity contribution in [3.63, 3.8) is 0 Å². The van der Waals surface area contributed by atoms with E-state index in [0.29, 0.717) is 28.9 Å². The summed E-state index contributed by atoms with van der Waals surface area (Å²) in [4.78, 5) is 35.0. The standard InChI is InChI=1S/C27H24F3N5O5/c1-39-25(37)23-12-20(36)14-34(23)13-19-11-24(32-15-31-19)40-21-5-6-22-16(9-21)7-8-35(22)26(38)33-18-4-2-3-17(10-18)27(28,29)30/h2-11,15,20,23,36H,12-14H2,1H3,(H,33,38)/t20?,23-/m0/s1. The predicted molar refractivity (Wildman–Crippen MR) is 137 cm³/mol. The minimum Gasteiger partial charge on any atom is -0.468 e. The lowest BCUT2D eigenvalue weighted by molar-refractivity contribution is -0.146. The molecule has 1 aliphatic rings. The smallest absolute Gasteiger partial charge is 0.416 e. The number of rotatable bonds is 6. The largest absolute Gasteiger partial charge is 0.468 e. The van der Waals surface area contributed by atoms with Crippen LogP contribution < -0.4 is 10.1 Å². The number of ether oxygens (including phenoxy) is 2. The first-order valence-electron chi connectivity index (χ1n) is 12.2. The first kappa shape index (κ1) is 27.1. The monoisotopic (exact) mass is 555 g/mol. The summed E-state index contributed by atoms with van der Waals surface area (Å²) in [6.07, 6.45) is -2.06. The second-order valence-electron chi connectivity index (χ2n) is 9.22. The van der Waals surface area contributed by atoms with Gasteiger partial charge in [-0.15, -0.1) is 0 Å². The molecule has 2 N–H and O–H groups in total. The van der Waals surface area contributed by atoms with E-state index in [1.807, 2.05) is 0 Å². The van der Waals surface area contributed by atoms with Crippen LogP contribution in [0, 0.1) is 0 Å². The Balaban J connectivity index is 1.28. The number of hydrogen-bond donors (Lipinski definition) is 2. The van der Waals surface area contributed by atoms with Crippen LogP contribution in [0.5, 0.6) is 11.6 Å². The molecule has 2 atom stereocenters. The number of alkyl halides is 3. The Morgan fingerprint density at radius 2 is 1.95 bits per heavy atom. The van der Waals surface area contributed by atoms with Gasteiger partial charge in [0.1, 0.15) is 18.1 Å². The Kier molecular flexibility index (Phi) is 7.41. The van der Waals surface area contributed by atoms with E-state index in [1.165, 1.54) is 36.3 Å². The van der Waals surface area contributed by atoms with Crippen LogP contribution >= 0.6 is 0 Å². The molecule has 1 fully saturated rings. The number of benzene rings is 2. The summed E-state index contributed by atoms with van der Waals surface area (Å²) in [7, 11) is 1.30. The number of aliphatic hydroxyl groups is 1. The summed E-state index contributed by atoms with van der Waals surface area (Å²) in [6, 6.07) is 11.5. The normalized spacial score (nSPS) is 17.6. The van der Waals surface area contributed by atoms with Crippen LogP contribution in [0.25, 0.3) is 10.9 Å². The maximum atomic E-state index is 13.0. The molecule has 0 spiro atoms. The fourth-order valence-corrected chi connectivity index (χ4v) is 4.60. The van der Waals surface area contributed by atoms with E-state index in [1.54, 1.807) is 35.2 Å². The lowest BCUT2D eigenvalue weighted by Crippen LogP contribution is -2.36. The Bertz CT molecular complexity index is 1560. The fraction of sp³-hybridized carbons (Fsp3) is 0.259. The number of nitrogens with zero attached hydrogens (tertiary/aromatic N) is 4. The SMILES string of the molecule is COC(=O)[C@@H]1CC(O)CN1Cc1cc(Oc2ccc3c(ccn3C(=O)Nc3cccc(C(F)(F)F)c3)c2)ncn1. The summed E-state index contributed by atoms with van der Waals surface area (Å²) in [5.74, 6) is 0.253. The van der Waals surface area contributed by atoms with Crippen molar-refractivity contribution < 1.29 is 37.3 Å². The molecule has 1 amide bonds. The van der Waals surface area contributed by atoms with Crippen molar-refractivity contribution in [1.82, 2.24) is 19.4 Å². The van der Waals surface area contributed by atoms with E-state index in [2.05, 4.69) is 15.3 Å². The molecule has 0 radical (unpaired) electrons. The summed E-state index contributed by atoms with van der Waals surface area (Å²) in [5, 5.41) is 13.1. The van der Waals surface area contributed by atoms with E-state index in [0.717, 1.165) is 12.1 Å². The van der Waals surface area contributed by atoms with E-state index >= 15 is 0 Å². The average molecular weight is 556 g/mol. The zero-order valence-electron chi connectivity index (χ0n) is 21.1. The number of carbonyl (C=O) groups is 2. The van der Waals surface area contributed by atoms with Crippen LogP contribution in [0.3, 0.4) is 0 Å². The minimum absolute atomic E-state index is 0.0162. The summed E-state index contributed by atoms with van der Waals surface area (Å²) >= 11 is 0. The highest BCUT2D eigenvalue weighted by atomic mass is 19.4. The molecule has 0 aliphatic carbocycles. The zero-order valence-corrected chi connectivity index (χ0v) is 21.1. The van der Waals surface area contributed by atoms with Crippen molar-refractivity contribution in [2.45, 2.75) is 31.3 Å². The number of anilines is 1. The third-order valence-corrected chi connectivity index (χ3v) is 6.46. The number of halogens is 3. The number of aromatic nitrogens is 3. The predicted octanol–water partition coefficient (Wildman–Crippen LogP) is 4.43. The third kappa shape index (κ3) is 5.90. The van der Waals surface area contributed by atoms with Crippen LogP contribution in [0.2, 0.25) is 0 Å². The van der Waals surface area contributed by atoms with Gasteiger partial charge in [0.05, 0.1) is 30.0 Å². The van der Waals surface area contributed by atoms with Crippen molar-refractivity contribution in [2.75, 3.05) is 19.0 Å². The maximum absolute atomic E-state index is 13.0. The molecule has 13 heteroatoms. The van der Waals surface area contributed by atoms with Gasteiger partial charge in [0.15, 0.2) is 0 Å². The topological polar surface area (TPSA) is 119 Å². The van der Waals surface area contributed by atoms with Gasteiger partial charge >= 0.3 is 18.2 Å². The number of amides is 1. The number of fused-ring (bicyclic) bond motifs is 1. The molecule has 208 valence electrons. The quantitative estimate of drug-likeness (QED) is 0.336. The lowest BCUT2D eigenvalue weighted by Gasteiger charge is -2.21. The summed E-state index contributed by atoms with van der Waals surface area (Å²) < 4.78 is 51.0. The van der Waals surface area contributed by atoms with E-state index in [-0.39, 0.29) is 24.5 Å². The number of nitrogens with one attached hydrogen (secondary N) is 1. The molecule has 1 unspecified atom stereocenters. The Hall–Kier alpha value is -4.49. The lowest BCUT2D eigenvalue weighted by atomic mass is 10.2. The highest BCUT2D eigenvalue weighted by Gasteiger charge is 2.37. The van der Waals surface area contributed by atoms with Crippen LogP contribution in [0.15, 0.2) is 67.1 Å². The van der Waals surface area contributed by atoms with Gasteiger partial charge in [0, 0.05) is 42.8 Å². The number of methoxy groups -OCH3 is 1. The van der Waals surface area contributed by atoms with Crippen molar-refractivity contribution in [3.05, 3.63) is 78.4 Å². The Labute approximate surface area is 226 Å². The van der Waals surface area contributed by atoms with Gasteiger partial charge in [-0.2, -0.15) is 13.2 Å². The molecule has 3 heterocycles. The molecular formula is C27H24F3N5O5.